The summed E-state index contributed by atoms with van der Waals surface area (Å²) >= 11 is 1.81. The Labute approximate surface area is 112 Å². The number of para-hydroxylation sites is 1. The van der Waals surface area contributed by atoms with Crippen molar-refractivity contribution in [3.05, 3.63) is 41.3 Å². The highest BCUT2D eigenvalue weighted by Gasteiger charge is 2.14. The van der Waals surface area contributed by atoms with E-state index < -0.39 is 0 Å². The smallest absolute Gasteiger partial charge is 0.128 e. The minimum Gasteiger partial charge on any atom is -0.492 e. The Balaban J connectivity index is 2.05. The van der Waals surface area contributed by atoms with Crippen LogP contribution in [0.3, 0.4) is 0 Å². The quantitative estimate of drug-likeness (QED) is 0.720. The fourth-order valence-electron chi connectivity index (χ4n) is 2.28. The summed E-state index contributed by atoms with van der Waals surface area (Å²) in [6.07, 6.45) is 1.11. The Morgan fingerprint density at radius 1 is 1.17 bits per heavy atom. The molecule has 3 rings (SSSR count). The lowest BCUT2D eigenvalue weighted by Crippen LogP contribution is -2.27. The summed E-state index contributed by atoms with van der Waals surface area (Å²) in [5, 5.41) is 2.18. The van der Waals surface area contributed by atoms with Gasteiger partial charge in [0.1, 0.15) is 12.4 Å². The lowest BCUT2D eigenvalue weighted by atomic mass is 10.1. The van der Waals surface area contributed by atoms with Crippen LogP contribution in [0.2, 0.25) is 0 Å². The van der Waals surface area contributed by atoms with Crippen molar-refractivity contribution in [1.82, 2.24) is 4.90 Å². The van der Waals surface area contributed by atoms with Crippen molar-refractivity contribution in [2.45, 2.75) is 6.42 Å². The number of fused-ring (bicyclic) bond motifs is 3. The number of likely N-dealkylation sites (N-methyl/N-ethyl adjacent to an activating group) is 1. The second-order valence-electron chi connectivity index (χ2n) is 4.67. The molecule has 0 saturated heterocycles. The minimum absolute atomic E-state index is 0.758. The average Bonchev–Trinajstić information content (AvgIpc) is 2.85. The molecule has 3 heteroatoms. The number of nitrogens with zero attached hydrogens (tertiary/aromatic N) is 1. The molecule has 0 unspecified atom stereocenters. The molecule has 1 aliphatic heterocycles. The van der Waals surface area contributed by atoms with Crippen molar-refractivity contribution in [2.75, 3.05) is 26.7 Å². The predicted molar refractivity (Wildman–Crippen MR) is 76.5 cm³/mol. The molecule has 1 aromatic carbocycles. The molecule has 0 saturated carbocycles. The van der Waals surface area contributed by atoms with Crippen molar-refractivity contribution in [1.29, 1.82) is 0 Å². The van der Waals surface area contributed by atoms with E-state index in [-0.39, 0.29) is 0 Å². The molecular weight excluding hydrogens is 242 g/mol. The lowest BCUT2D eigenvalue weighted by molar-refractivity contribution is 0.238. The zero-order valence-corrected chi connectivity index (χ0v) is 11.4. The van der Waals surface area contributed by atoms with Gasteiger partial charge in [-0.3, -0.25) is 0 Å². The van der Waals surface area contributed by atoms with E-state index in [4.69, 9.17) is 4.74 Å². The van der Waals surface area contributed by atoms with Crippen LogP contribution in [-0.4, -0.2) is 31.6 Å². The number of benzene rings is 1. The van der Waals surface area contributed by atoms with Crippen LogP contribution in [0.25, 0.3) is 10.4 Å². The molecule has 0 spiro atoms. The summed E-state index contributed by atoms with van der Waals surface area (Å²) in [6, 6.07) is 10.6. The van der Waals surface area contributed by atoms with Crippen LogP contribution in [0.5, 0.6) is 5.75 Å². The van der Waals surface area contributed by atoms with Crippen molar-refractivity contribution in [2.24, 2.45) is 0 Å². The number of hydrogen-bond donors (Lipinski definition) is 0. The molecule has 0 bridgehead atoms. The fraction of sp³-hybridized carbons (Fsp3) is 0.333. The Hall–Kier alpha value is -1.32. The fourth-order valence-corrected chi connectivity index (χ4v) is 3.27. The highest BCUT2D eigenvalue weighted by molar-refractivity contribution is 7.13. The van der Waals surface area contributed by atoms with Crippen LogP contribution in [0.15, 0.2) is 35.7 Å². The van der Waals surface area contributed by atoms with Crippen molar-refractivity contribution >= 4 is 11.3 Å². The van der Waals surface area contributed by atoms with Crippen LogP contribution in [0.4, 0.5) is 0 Å². The lowest BCUT2D eigenvalue weighted by Gasteiger charge is -2.20. The second-order valence-corrected chi connectivity index (χ2v) is 5.59. The van der Waals surface area contributed by atoms with Gasteiger partial charge in [-0.25, -0.2) is 0 Å². The van der Waals surface area contributed by atoms with E-state index in [2.05, 4.69) is 41.6 Å². The van der Waals surface area contributed by atoms with Crippen LogP contribution in [-0.2, 0) is 6.42 Å². The van der Waals surface area contributed by atoms with Gasteiger partial charge in [-0.1, -0.05) is 12.1 Å². The third kappa shape index (κ3) is 2.28. The Bertz CT molecular complexity index is 535. The molecule has 2 nitrogen and oxygen atoms in total. The van der Waals surface area contributed by atoms with E-state index >= 15 is 0 Å². The first-order valence-electron chi connectivity index (χ1n) is 6.32. The first-order chi connectivity index (χ1) is 8.84. The van der Waals surface area contributed by atoms with Gasteiger partial charge in [-0.05, 0) is 42.6 Å². The van der Waals surface area contributed by atoms with E-state index in [0.29, 0.717) is 0 Å². The number of ether oxygens (including phenoxy) is 1. The van der Waals surface area contributed by atoms with E-state index in [9.17, 15) is 0 Å². The normalized spacial score (nSPS) is 16.5. The molecule has 94 valence electrons. The molecule has 1 aliphatic rings. The predicted octanol–water partition coefficient (Wildman–Crippen LogP) is 3.28. The largest absolute Gasteiger partial charge is 0.492 e. The monoisotopic (exact) mass is 259 g/mol. The maximum absolute atomic E-state index is 5.93. The highest BCUT2D eigenvalue weighted by atomic mass is 32.1. The number of rotatable bonds is 0. The maximum atomic E-state index is 5.93. The van der Waals surface area contributed by atoms with E-state index in [1.54, 1.807) is 0 Å². The zero-order valence-electron chi connectivity index (χ0n) is 10.6. The highest BCUT2D eigenvalue weighted by Crippen LogP contribution is 2.36. The van der Waals surface area contributed by atoms with Gasteiger partial charge in [0, 0.05) is 23.5 Å². The van der Waals surface area contributed by atoms with E-state index in [1.165, 1.54) is 16.0 Å². The van der Waals surface area contributed by atoms with E-state index in [0.717, 1.165) is 31.9 Å². The van der Waals surface area contributed by atoms with Gasteiger partial charge in [-0.15, -0.1) is 11.3 Å². The zero-order chi connectivity index (χ0) is 12.4. The van der Waals surface area contributed by atoms with E-state index in [1.807, 2.05) is 17.4 Å². The van der Waals surface area contributed by atoms with Crippen LogP contribution >= 0.6 is 11.3 Å². The average molecular weight is 259 g/mol. The van der Waals surface area contributed by atoms with Crippen molar-refractivity contribution in [3.63, 3.8) is 0 Å². The topological polar surface area (TPSA) is 12.5 Å². The van der Waals surface area contributed by atoms with Gasteiger partial charge < -0.3 is 9.64 Å². The SMILES string of the molecule is CN1CCOc2ccccc2-c2sccc2CC1. The van der Waals surface area contributed by atoms with Crippen molar-refractivity contribution < 1.29 is 4.74 Å². The standard InChI is InChI=1S/C15H17NOS/c1-16-8-6-12-7-11-18-15(12)13-4-2-3-5-14(13)17-10-9-16/h2-5,7,11H,6,8-10H2,1H3. The van der Waals surface area contributed by atoms with Gasteiger partial charge in [0.15, 0.2) is 0 Å². The van der Waals surface area contributed by atoms with Gasteiger partial charge in [0.2, 0.25) is 0 Å². The third-order valence-electron chi connectivity index (χ3n) is 3.37. The van der Waals surface area contributed by atoms with Crippen LogP contribution in [0, 0.1) is 0 Å². The summed E-state index contributed by atoms with van der Waals surface area (Å²) in [6.45, 7) is 2.83. The first kappa shape index (κ1) is 11.8. The Morgan fingerprint density at radius 2 is 2.06 bits per heavy atom. The number of thiophene rings is 1. The summed E-state index contributed by atoms with van der Waals surface area (Å²) in [4.78, 5) is 3.69. The molecule has 0 aliphatic carbocycles. The van der Waals surface area contributed by atoms with Crippen molar-refractivity contribution in [3.8, 4) is 16.2 Å². The first-order valence-corrected chi connectivity index (χ1v) is 7.19. The Kier molecular flexibility index (Phi) is 3.35. The number of hydrogen-bond acceptors (Lipinski definition) is 3. The molecule has 18 heavy (non-hydrogen) atoms. The molecule has 0 fully saturated rings. The molecule has 2 heterocycles. The van der Waals surface area contributed by atoms with Gasteiger partial charge in [0.25, 0.3) is 0 Å². The van der Waals surface area contributed by atoms with Crippen LogP contribution < -0.4 is 4.74 Å². The van der Waals surface area contributed by atoms with Gasteiger partial charge >= 0.3 is 0 Å². The molecule has 0 amide bonds. The maximum Gasteiger partial charge on any atom is 0.128 e. The minimum atomic E-state index is 0.758. The summed E-state index contributed by atoms with van der Waals surface area (Å²) in [5.41, 5.74) is 2.68. The van der Waals surface area contributed by atoms with Gasteiger partial charge in [-0.2, -0.15) is 0 Å². The summed E-state index contributed by atoms with van der Waals surface area (Å²) in [5.74, 6) is 1.01. The molecule has 1 aromatic heterocycles. The third-order valence-corrected chi connectivity index (χ3v) is 4.36. The molecule has 2 aromatic rings. The molecule has 0 atom stereocenters. The van der Waals surface area contributed by atoms with Crippen LogP contribution in [0.1, 0.15) is 5.56 Å². The molecular formula is C15H17NOS. The molecule has 0 N–H and O–H groups in total. The Morgan fingerprint density at radius 3 is 3.00 bits per heavy atom. The molecule has 0 radical (unpaired) electrons. The summed E-state index contributed by atoms with van der Waals surface area (Å²) in [7, 11) is 2.16. The summed E-state index contributed by atoms with van der Waals surface area (Å²) < 4.78 is 5.93. The second kappa shape index (κ2) is 5.12. The van der Waals surface area contributed by atoms with Gasteiger partial charge in [0.05, 0.1) is 0 Å².